The standard InChI is InChI=1S/C14H15N3/c1-12-5-7-13(8-6-12)15-9-3-4-14-16-10-11-17(14)2/h3-11H,1-2H3/b4-3+,15-9?. The first-order valence-corrected chi connectivity index (χ1v) is 5.50. The molecule has 0 aliphatic rings. The van der Waals surface area contributed by atoms with Crippen molar-refractivity contribution in [2.75, 3.05) is 0 Å². The summed E-state index contributed by atoms with van der Waals surface area (Å²) in [5.41, 5.74) is 2.20. The summed E-state index contributed by atoms with van der Waals surface area (Å²) in [7, 11) is 1.96. The molecule has 0 spiro atoms. The molecule has 0 unspecified atom stereocenters. The number of rotatable bonds is 3. The van der Waals surface area contributed by atoms with Crippen LogP contribution in [0.3, 0.4) is 0 Å². The van der Waals surface area contributed by atoms with E-state index in [-0.39, 0.29) is 0 Å². The lowest BCUT2D eigenvalue weighted by molar-refractivity contribution is 0.897. The number of imidazole rings is 1. The van der Waals surface area contributed by atoms with Crippen molar-refractivity contribution in [1.82, 2.24) is 9.55 Å². The monoisotopic (exact) mass is 225 g/mol. The molecule has 0 aliphatic carbocycles. The van der Waals surface area contributed by atoms with Gasteiger partial charge in [0.25, 0.3) is 0 Å². The molecule has 3 heteroatoms. The summed E-state index contributed by atoms with van der Waals surface area (Å²) in [5.74, 6) is 0.917. The maximum Gasteiger partial charge on any atom is 0.132 e. The highest BCUT2D eigenvalue weighted by molar-refractivity contribution is 5.79. The molecule has 0 atom stereocenters. The van der Waals surface area contributed by atoms with Crippen molar-refractivity contribution in [1.29, 1.82) is 0 Å². The summed E-state index contributed by atoms with van der Waals surface area (Å²) in [6, 6.07) is 8.10. The molecule has 0 radical (unpaired) electrons. The Labute approximate surface area is 101 Å². The molecule has 0 N–H and O–H groups in total. The number of hydrogen-bond acceptors (Lipinski definition) is 2. The molecule has 0 amide bonds. The summed E-state index contributed by atoms with van der Waals surface area (Å²) >= 11 is 0. The summed E-state index contributed by atoms with van der Waals surface area (Å²) in [6.45, 7) is 2.06. The third kappa shape index (κ3) is 3.14. The van der Waals surface area contributed by atoms with Gasteiger partial charge in [0.1, 0.15) is 5.82 Å². The Morgan fingerprint density at radius 2 is 2.00 bits per heavy atom. The zero-order valence-corrected chi connectivity index (χ0v) is 10.0. The van der Waals surface area contributed by atoms with Crippen LogP contribution in [0.15, 0.2) is 47.7 Å². The molecule has 86 valence electrons. The van der Waals surface area contributed by atoms with Gasteiger partial charge >= 0.3 is 0 Å². The van der Waals surface area contributed by atoms with Crippen LogP contribution in [-0.4, -0.2) is 15.8 Å². The van der Waals surface area contributed by atoms with Gasteiger partial charge in [0.2, 0.25) is 0 Å². The molecule has 1 aromatic heterocycles. The van der Waals surface area contributed by atoms with E-state index < -0.39 is 0 Å². The number of hydrogen-bond donors (Lipinski definition) is 0. The lowest BCUT2D eigenvalue weighted by Crippen LogP contribution is -1.88. The number of nitrogens with zero attached hydrogens (tertiary/aromatic N) is 3. The minimum atomic E-state index is 0.917. The SMILES string of the molecule is Cc1ccc(N=C/C=C/c2nccn2C)cc1. The van der Waals surface area contributed by atoms with Gasteiger partial charge in [-0.2, -0.15) is 0 Å². The van der Waals surface area contributed by atoms with E-state index in [0.29, 0.717) is 0 Å². The van der Waals surface area contributed by atoms with Crippen LogP contribution >= 0.6 is 0 Å². The van der Waals surface area contributed by atoms with E-state index in [4.69, 9.17) is 0 Å². The maximum absolute atomic E-state index is 4.33. The lowest BCUT2D eigenvalue weighted by Gasteiger charge is -1.93. The fourth-order valence-electron chi connectivity index (χ4n) is 1.43. The first-order chi connectivity index (χ1) is 8.25. The summed E-state index contributed by atoms with van der Waals surface area (Å²) < 4.78 is 1.95. The van der Waals surface area contributed by atoms with Crippen LogP contribution in [0.1, 0.15) is 11.4 Å². The Bertz CT molecular complexity index is 533. The van der Waals surface area contributed by atoms with Crippen molar-refractivity contribution < 1.29 is 0 Å². The van der Waals surface area contributed by atoms with E-state index >= 15 is 0 Å². The zero-order chi connectivity index (χ0) is 12.1. The lowest BCUT2D eigenvalue weighted by atomic mass is 10.2. The smallest absolute Gasteiger partial charge is 0.132 e. The van der Waals surface area contributed by atoms with Crippen molar-refractivity contribution in [2.24, 2.45) is 12.0 Å². The second-order valence-electron chi connectivity index (χ2n) is 3.87. The Morgan fingerprint density at radius 1 is 1.24 bits per heavy atom. The molecule has 2 rings (SSSR count). The number of benzene rings is 1. The van der Waals surface area contributed by atoms with Crippen LogP contribution in [0.2, 0.25) is 0 Å². The number of aromatic nitrogens is 2. The highest BCUT2D eigenvalue weighted by Crippen LogP contribution is 2.11. The first kappa shape index (κ1) is 11.3. The molecule has 3 nitrogen and oxygen atoms in total. The van der Waals surface area contributed by atoms with Gasteiger partial charge in [-0.15, -0.1) is 0 Å². The van der Waals surface area contributed by atoms with Gasteiger partial charge in [-0.1, -0.05) is 17.7 Å². The fourth-order valence-corrected chi connectivity index (χ4v) is 1.43. The Kier molecular flexibility index (Phi) is 3.50. The second kappa shape index (κ2) is 5.25. The van der Waals surface area contributed by atoms with Crippen LogP contribution in [0.4, 0.5) is 5.69 Å². The fraction of sp³-hybridized carbons (Fsp3) is 0.143. The molecule has 17 heavy (non-hydrogen) atoms. The molecule has 0 aliphatic heterocycles. The van der Waals surface area contributed by atoms with Crippen LogP contribution in [-0.2, 0) is 7.05 Å². The Balaban J connectivity index is 2.00. The highest BCUT2D eigenvalue weighted by Gasteiger charge is 1.90. The van der Waals surface area contributed by atoms with Crippen molar-refractivity contribution in [3.8, 4) is 0 Å². The van der Waals surface area contributed by atoms with Crippen LogP contribution in [0.25, 0.3) is 6.08 Å². The van der Waals surface area contributed by atoms with Gasteiger partial charge in [0.15, 0.2) is 0 Å². The van der Waals surface area contributed by atoms with Crippen molar-refractivity contribution >= 4 is 18.0 Å². The molecule has 0 bridgehead atoms. The Morgan fingerprint density at radius 3 is 2.65 bits per heavy atom. The van der Waals surface area contributed by atoms with Gasteiger partial charge in [0.05, 0.1) is 5.69 Å². The van der Waals surface area contributed by atoms with Gasteiger partial charge < -0.3 is 4.57 Å². The second-order valence-corrected chi connectivity index (χ2v) is 3.87. The van der Waals surface area contributed by atoms with Crippen LogP contribution < -0.4 is 0 Å². The van der Waals surface area contributed by atoms with E-state index in [2.05, 4.69) is 29.0 Å². The predicted octanol–water partition coefficient (Wildman–Crippen LogP) is 3.14. The third-order valence-corrected chi connectivity index (χ3v) is 2.45. The van der Waals surface area contributed by atoms with Gasteiger partial charge in [0, 0.05) is 25.7 Å². The molecule has 1 heterocycles. The summed E-state index contributed by atoms with van der Waals surface area (Å²) in [5, 5.41) is 0. The van der Waals surface area contributed by atoms with E-state index in [0.717, 1.165) is 11.5 Å². The number of aryl methyl sites for hydroxylation is 2. The number of aliphatic imine (C=N–C) groups is 1. The van der Waals surface area contributed by atoms with Crippen LogP contribution in [0, 0.1) is 6.92 Å². The van der Waals surface area contributed by atoms with Crippen LogP contribution in [0.5, 0.6) is 0 Å². The molecule has 0 fully saturated rings. The van der Waals surface area contributed by atoms with Crippen molar-refractivity contribution in [3.63, 3.8) is 0 Å². The minimum Gasteiger partial charge on any atom is -0.335 e. The van der Waals surface area contributed by atoms with Crippen molar-refractivity contribution in [3.05, 3.63) is 54.1 Å². The van der Waals surface area contributed by atoms with Crippen molar-refractivity contribution in [2.45, 2.75) is 6.92 Å². The normalized spacial score (nSPS) is 11.6. The predicted molar refractivity (Wildman–Crippen MR) is 71.6 cm³/mol. The number of allylic oxidation sites excluding steroid dienone is 1. The summed E-state index contributed by atoms with van der Waals surface area (Å²) in [6.07, 6.45) is 9.28. The quantitative estimate of drug-likeness (QED) is 0.738. The molecule has 0 saturated heterocycles. The van der Waals surface area contributed by atoms with Gasteiger partial charge in [-0.25, -0.2) is 4.98 Å². The van der Waals surface area contributed by atoms with Gasteiger partial charge in [-0.3, -0.25) is 4.99 Å². The van der Waals surface area contributed by atoms with Gasteiger partial charge in [-0.05, 0) is 31.2 Å². The third-order valence-electron chi connectivity index (χ3n) is 2.45. The molecule has 2 aromatic rings. The minimum absolute atomic E-state index is 0.917. The van der Waals surface area contributed by atoms with E-state index in [1.165, 1.54) is 5.56 Å². The van der Waals surface area contributed by atoms with E-state index in [1.807, 2.05) is 42.1 Å². The zero-order valence-electron chi connectivity index (χ0n) is 10.0. The average molecular weight is 225 g/mol. The summed E-state index contributed by atoms with van der Waals surface area (Å²) in [4.78, 5) is 8.51. The highest BCUT2D eigenvalue weighted by atomic mass is 15.0. The van der Waals surface area contributed by atoms with E-state index in [1.54, 1.807) is 12.4 Å². The molecule has 0 saturated carbocycles. The van der Waals surface area contributed by atoms with E-state index in [9.17, 15) is 0 Å². The molecule has 1 aromatic carbocycles. The topological polar surface area (TPSA) is 30.2 Å². The molecular weight excluding hydrogens is 210 g/mol. The Hall–Kier alpha value is -2.16. The molecular formula is C14H15N3. The largest absolute Gasteiger partial charge is 0.335 e. The first-order valence-electron chi connectivity index (χ1n) is 5.50. The maximum atomic E-state index is 4.33. The average Bonchev–Trinajstić information content (AvgIpc) is 2.73.